The zero-order chi connectivity index (χ0) is 14.8. The molecule has 0 spiro atoms. The maximum absolute atomic E-state index is 11.8. The van der Waals surface area contributed by atoms with E-state index in [0.717, 1.165) is 13.1 Å². The first kappa shape index (κ1) is 16.5. The van der Waals surface area contributed by atoms with Gasteiger partial charge in [-0.3, -0.25) is 9.59 Å². The molecule has 0 saturated heterocycles. The highest BCUT2D eigenvalue weighted by atomic mass is 32.1. The number of carbonyl (C=O) groups is 2. The van der Waals surface area contributed by atoms with Crippen LogP contribution in [-0.2, 0) is 4.79 Å². The maximum atomic E-state index is 11.8. The second-order valence-corrected chi connectivity index (χ2v) is 4.75. The smallest absolute Gasteiger partial charge is 0.251 e. The Kier molecular flexibility index (Phi) is 7.75. The third-order valence-electron chi connectivity index (χ3n) is 2.77. The van der Waals surface area contributed by atoms with Gasteiger partial charge < -0.3 is 15.5 Å². The number of nitrogens with one attached hydrogen (secondary N) is 2. The predicted octanol–water partition coefficient (Wildman–Crippen LogP) is 0.394. The molecular formula is C14H21N3O2S. The number of hydrogen-bond acceptors (Lipinski definition) is 4. The topological polar surface area (TPSA) is 61.4 Å². The number of thiol groups is 1. The van der Waals surface area contributed by atoms with Crippen molar-refractivity contribution in [3.8, 4) is 0 Å². The molecular weight excluding hydrogens is 274 g/mol. The van der Waals surface area contributed by atoms with Gasteiger partial charge in [0.25, 0.3) is 5.91 Å². The minimum Gasteiger partial charge on any atom is -0.354 e. The molecule has 0 aliphatic rings. The average molecular weight is 295 g/mol. The molecule has 1 aromatic carbocycles. The van der Waals surface area contributed by atoms with E-state index in [9.17, 15) is 9.59 Å². The molecule has 1 rings (SSSR count). The molecule has 6 heteroatoms. The van der Waals surface area contributed by atoms with Gasteiger partial charge in [-0.25, -0.2) is 0 Å². The molecule has 20 heavy (non-hydrogen) atoms. The van der Waals surface area contributed by atoms with Crippen LogP contribution >= 0.6 is 12.6 Å². The van der Waals surface area contributed by atoms with Crippen molar-refractivity contribution in [3.63, 3.8) is 0 Å². The van der Waals surface area contributed by atoms with Gasteiger partial charge in [-0.2, -0.15) is 12.6 Å². The van der Waals surface area contributed by atoms with Crippen LogP contribution in [0, 0.1) is 0 Å². The zero-order valence-electron chi connectivity index (χ0n) is 11.6. The minimum atomic E-state index is -0.0703. The van der Waals surface area contributed by atoms with Crippen molar-refractivity contribution in [2.75, 3.05) is 39.0 Å². The van der Waals surface area contributed by atoms with E-state index in [-0.39, 0.29) is 17.6 Å². The highest BCUT2D eigenvalue weighted by Gasteiger charge is 2.04. The van der Waals surface area contributed by atoms with Crippen molar-refractivity contribution in [2.45, 2.75) is 0 Å². The lowest BCUT2D eigenvalue weighted by Gasteiger charge is -2.17. The van der Waals surface area contributed by atoms with Gasteiger partial charge in [-0.05, 0) is 19.2 Å². The predicted molar refractivity (Wildman–Crippen MR) is 83.1 cm³/mol. The van der Waals surface area contributed by atoms with Crippen molar-refractivity contribution in [1.29, 1.82) is 0 Å². The molecule has 5 nitrogen and oxygen atoms in total. The van der Waals surface area contributed by atoms with Crippen LogP contribution < -0.4 is 10.6 Å². The number of rotatable bonds is 8. The van der Waals surface area contributed by atoms with Crippen LogP contribution in [-0.4, -0.2) is 55.7 Å². The van der Waals surface area contributed by atoms with E-state index in [4.69, 9.17) is 0 Å². The lowest BCUT2D eigenvalue weighted by Crippen LogP contribution is -2.37. The van der Waals surface area contributed by atoms with Crippen molar-refractivity contribution < 1.29 is 9.59 Å². The van der Waals surface area contributed by atoms with E-state index in [1.807, 2.05) is 30.1 Å². The van der Waals surface area contributed by atoms with Crippen LogP contribution in [0.25, 0.3) is 0 Å². The SMILES string of the molecule is CN(CCNC(=O)CS)CCNC(=O)c1ccccc1. The molecule has 0 heterocycles. The molecule has 0 atom stereocenters. The molecule has 0 unspecified atom stereocenters. The monoisotopic (exact) mass is 295 g/mol. The maximum Gasteiger partial charge on any atom is 0.251 e. The van der Waals surface area contributed by atoms with Gasteiger partial charge in [-0.1, -0.05) is 18.2 Å². The third-order valence-corrected chi connectivity index (χ3v) is 3.06. The van der Waals surface area contributed by atoms with Crippen molar-refractivity contribution in [3.05, 3.63) is 35.9 Å². The molecule has 0 aliphatic carbocycles. The Morgan fingerprint density at radius 3 is 2.30 bits per heavy atom. The lowest BCUT2D eigenvalue weighted by atomic mass is 10.2. The molecule has 0 aromatic heterocycles. The van der Waals surface area contributed by atoms with Gasteiger partial charge >= 0.3 is 0 Å². The molecule has 0 radical (unpaired) electrons. The van der Waals surface area contributed by atoms with Crippen molar-refractivity contribution >= 4 is 24.4 Å². The van der Waals surface area contributed by atoms with E-state index < -0.39 is 0 Å². The minimum absolute atomic E-state index is 0.0672. The molecule has 2 N–H and O–H groups in total. The Bertz CT molecular complexity index is 426. The number of likely N-dealkylation sites (N-methyl/N-ethyl adjacent to an activating group) is 1. The van der Waals surface area contributed by atoms with Gasteiger partial charge in [0.2, 0.25) is 5.91 Å². The van der Waals surface area contributed by atoms with Gasteiger partial charge in [0.05, 0.1) is 5.75 Å². The third kappa shape index (κ3) is 6.58. The van der Waals surface area contributed by atoms with Crippen LogP contribution in [0.3, 0.4) is 0 Å². The second-order valence-electron chi connectivity index (χ2n) is 4.43. The fraction of sp³-hybridized carbons (Fsp3) is 0.429. The Morgan fingerprint density at radius 1 is 1.10 bits per heavy atom. The van der Waals surface area contributed by atoms with E-state index in [1.54, 1.807) is 12.1 Å². The first-order valence-corrected chi connectivity index (χ1v) is 7.16. The molecule has 110 valence electrons. The molecule has 0 fully saturated rings. The number of nitrogens with zero attached hydrogens (tertiary/aromatic N) is 1. The normalized spacial score (nSPS) is 10.3. The second kappa shape index (κ2) is 9.39. The number of carbonyl (C=O) groups excluding carboxylic acids is 2. The first-order chi connectivity index (χ1) is 9.63. The van der Waals surface area contributed by atoms with Crippen molar-refractivity contribution in [2.24, 2.45) is 0 Å². The molecule has 0 bridgehead atoms. The summed E-state index contributed by atoms with van der Waals surface area (Å²) < 4.78 is 0. The summed E-state index contributed by atoms with van der Waals surface area (Å²) in [6, 6.07) is 9.12. The molecule has 2 amide bonds. The number of hydrogen-bond donors (Lipinski definition) is 3. The van der Waals surface area contributed by atoms with Crippen LogP contribution in [0.15, 0.2) is 30.3 Å². The molecule has 0 aliphatic heterocycles. The summed E-state index contributed by atoms with van der Waals surface area (Å²) in [5.41, 5.74) is 0.663. The highest BCUT2D eigenvalue weighted by molar-refractivity contribution is 7.81. The fourth-order valence-electron chi connectivity index (χ4n) is 1.61. The summed E-state index contributed by atoms with van der Waals surface area (Å²) in [5.74, 6) is 0.0677. The Hall–Kier alpha value is -1.53. The van der Waals surface area contributed by atoms with Crippen LogP contribution in [0.4, 0.5) is 0 Å². The van der Waals surface area contributed by atoms with E-state index >= 15 is 0 Å². The summed E-state index contributed by atoms with van der Waals surface area (Å²) in [4.78, 5) is 24.8. The van der Waals surface area contributed by atoms with Crippen molar-refractivity contribution in [1.82, 2.24) is 15.5 Å². The molecule has 1 aromatic rings. The van der Waals surface area contributed by atoms with E-state index in [1.165, 1.54) is 0 Å². The summed E-state index contributed by atoms with van der Waals surface area (Å²) in [7, 11) is 1.95. The van der Waals surface area contributed by atoms with Gasteiger partial charge in [0.1, 0.15) is 0 Å². The quantitative estimate of drug-likeness (QED) is 0.608. The van der Waals surface area contributed by atoms with Gasteiger partial charge in [0.15, 0.2) is 0 Å². The van der Waals surface area contributed by atoms with E-state index in [2.05, 4.69) is 23.3 Å². The first-order valence-electron chi connectivity index (χ1n) is 6.53. The van der Waals surface area contributed by atoms with Crippen LogP contribution in [0.1, 0.15) is 10.4 Å². The Balaban J connectivity index is 2.14. The van der Waals surface area contributed by atoms with E-state index in [0.29, 0.717) is 18.7 Å². The highest BCUT2D eigenvalue weighted by Crippen LogP contribution is 1.97. The average Bonchev–Trinajstić information content (AvgIpc) is 2.47. The summed E-state index contributed by atoms with van der Waals surface area (Å²) in [5, 5.41) is 5.60. The zero-order valence-corrected chi connectivity index (χ0v) is 12.5. The fourth-order valence-corrected chi connectivity index (χ4v) is 1.72. The standard InChI is InChI=1S/C14H21N3O2S/c1-17(9-7-15-13(18)11-20)10-8-16-14(19)12-5-3-2-4-6-12/h2-6,20H,7-11H2,1H3,(H,15,18)(H,16,19). The van der Waals surface area contributed by atoms with Crippen LogP contribution in [0.5, 0.6) is 0 Å². The Morgan fingerprint density at radius 2 is 1.70 bits per heavy atom. The lowest BCUT2D eigenvalue weighted by molar-refractivity contribution is -0.118. The Labute approximate surface area is 125 Å². The summed E-state index contributed by atoms with van der Waals surface area (Å²) in [6.45, 7) is 2.63. The van der Waals surface area contributed by atoms with Gasteiger partial charge in [-0.15, -0.1) is 0 Å². The largest absolute Gasteiger partial charge is 0.354 e. The summed E-state index contributed by atoms with van der Waals surface area (Å²) in [6.07, 6.45) is 0. The van der Waals surface area contributed by atoms with Crippen LogP contribution in [0.2, 0.25) is 0 Å². The molecule has 0 saturated carbocycles. The van der Waals surface area contributed by atoms with Gasteiger partial charge in [0, 0.05) is 31.7 Å². The number of benzene rings is 1. The summed E-state index contributed by atoms with van der Waals surface area (Å²) >= 11 is 3.88. The number of amides is 2.